The van der Waals surface area contributed by atoms with Crippen LogP contribution in [0.25, 0.3) is 0 Å². The molecule has 1 fully saturated rings. The molecule has 1 aliphatic heterocycles. The van der Waals surface area contributed by atoms with Crippen molar-refractivity contribution in [2.45, 2.75) is 49.7 Å². The number of rotatable bonds is 6. The predicted molar refractivity (Wildman–Crippen MR) is 109 cm³/mol. The van der Waals surface area contributed by atoms with Crippen LogP contribution in [-0.4, -0.2) is 63.4 Å². The maximum atomic E-state index is 13.2. The average Bonchev–Trinajstić information content (AvgIpc) is 2.60. The van der Waals surface area contributed by atoms with Crippen molar-refractivity contribution in [3.05, 3.63) is 28.8 Å². The van der Waals surface area contributed by atoms with Gasteiger partial charge in [-0.05, 0) is 58.5 Å². The van der Waals surface area contributed by atoms with E-state index in [1.165, 1.54) is 22.5 Å². The van der Waals surface area contributed by atoms with Crippen molar-refractivity contribution in [3.8, 4) is 0 Å². The number of nitrogens with zero attached hydrogens (tertiary/aromatic N) is 2. The van der Waals surface area contributed by atoms with Crippen LogP contribution >= 0.6 is 11.6 Å². The van der Waals surface area contributed by atoms with E-state index < -0.39 is 27.2 Å². The molecule has 1 aliphatic rings. The van der Waals surface area contributed by atoms with Gasteiger partial charge in [-0.2, -0.15) is 4.31 Å². The van der Waals surface area contributed by atoms with Crippen LogP contribution in [0.3, 0.4) is 0 Å². The zero-order valence-electron chi connectivity index (χ0n) is 16.7. The van der Waals surface area contributed by atoms with Crippen LogP contribution in [0.1, 0.15) is 44.0 Å². The molecule has 0 saturated carbocycles. The molecule has 1 heterocycles. The van der Waals surface area contributed by atoms with Gasteiger partial charge in [0.15, 0.2) is 0 Å². The number of sulfonamides is 1. The second-order valence-electron chi connectivity index (χ2n) is 7.82. The highest BCUT2D eigenvalue weighted by atomic mass is 35.5. The van der Waals surface area contributed by atoms with Gasteiger partial charge in [0.1, 0.15) is 5.60 Å². The molecule has 0 amide bonds. The maximum absolute atomic E-state index is 13.2. The molecule has 7 nitrogen and oxygen atoms in total. The summed E-state index contributed by atoms with van der Waals surface area (Å²) in [5.74, 6) is -0.729. The van der Waals surface area contributed by atoms with Gasteiger partial charge in [-0.25, -0.2) is 13.2 Å². The minimum Gasteiger partial charge on any atom is -0.456 e. The highest BCUT2D eigenvalue weighted by Gasteiger charge is 2.39. The third-order valence-corrected chi connectivity index (χ3v) is 6.84. The summed E-state index contributed by atoms with van der Waals surface area (Å²) in [6, 6.07) is 4.13. The van der Waals surface area contributed by atoms with Gasteiger partial charge >= 0.3 is 5.97 Å². The van der Waals surface area contributed by atoms with Gasteiger partial charge in [0.2, 0.25) is 10.0 Å². The average molecular weight is 431 g/mol. The van der Waals surface area contributed by atoms with Crippen molar-refractivity contribution in [3.63, 3.8) is 0 Å². The maximum Gasteiger partial charge on any atom is 0.340 e. The monoisotopic (exact) mass is 430 g/mol. The molecule has 0 atom stereocenters. The summed E-state index contributed by atoms with van der Waals surface area (Å²) < 4.78 is 38.8. The van der Waals surface area contributed by atoms with Crippen molar-refractivity contribution >= 4 is 34.3 Å². The van der Waals surface area contributed by atoms with Crippen LogP contribution in [0.2, 0.25) is 5.02 Å². The number of aliphatic imine (C=N–C) groups is 1. The van der Waals surface area contributed by atoms with Gasteiger partial charge in [0, 0.05) is 25.2 Å². The third kappa shape index (κ3) is 5.11. The number of halogens is 1. The minimum absolute atomic E-state index is 0.0706. The number of carbonyl (C=O) groups is 1. The smallest absolute Gasteiger partial charge is 0.340 e. The molecule has 1 aromatic rings. The Hall–Kier alpha value is -1.48. The van der Waals surface area contributed by atoms with Crippen molar-refractivity contribution < 1.29 is 22.7 Å². The number of piperidine rings is 1. The Morgan fingerprint density at radius 1 is 1.32 bits per heavy atom. The number of esters is 1. The molecule has 0 unspecified atom stereocenters. The summed E-state index contributed by atoms with van der Waals surface area (Å²) in [6.45, 7) is 9.56. The van der Waals surface area contributed by atoms with E-state index in [1.54, 1.807) is 27.9 Å². The number of hydrogen-bond donors (Lipinski definition) is 0. The van der Waals surface area contributed by atoms with Crippen molar-refractivity contribution in [2.24, 2.45) is 4.99 Å². The SMILES string of the molecule is C=NCC1(OC)CCN(S(=O)(=O)c2ccc(Cl)cc2C(=O)OC(C)(C)C)CC1. The fourth-order valence-corrected chi connectivity index (χ4v) is 4.90. The molecule has 0 bridgehead atoms. The van der Waals surface area contributed by atoms with Crippen LogP contribution in [0, 0.1) is 0 Å². The molecule has 0 N–H and O–H groups in total. The first-order valence-corrected chi connectivity index (χ1v) is 10.8. The Balaban J connectivity index is 2.34. The second kappa shape index (κ2) is 8.49. The summed E-state index contributed by atoms with van der Waals surface area (Å²) in [5.41, 5.74) is -1.35. The molecule has 0 spiro atoms. The molecule has 28 heavy (non-hydrogen) atoms. The Bertz CT molecular complexity index is 840. The second-order valence-corrected chi connectivity index (χ2v) is 10.2. The molecule has 2 rings (SSSR count). The van der Waals surface area contributed by atoms with Gasteiger partial charge in [-0.15, -0.1) is 0 Å². The third-order valence-electron chi connectivity index (χ3n) is 4.64. The first-order chi connectivity index (χ1) is 12.9. The first kappa shape index (κ1) is 22.8. The Morgan fingerprint density at radius 3 is 2.43 bits per heavy atom. The molecule has 0 aromatic heterocycles. The van der Waals surface area contributed by atoms with Gasteiger partial charge in [0.05, 0.1) is 22.6 Å². The number of methoxy groups -OCH3 is 1. The quantitative estimate of drug-likeness (QED) is 0.511. The lowest BCUT2D eigenvalue weighted by atomic mass is 9.92. The fraction of sp³-hybridized carbons (Fsp3) is 0.579. The Morgan fingerprint density at radius 2 is 1.93 bits per heavy atom. The van der Waals surface area contributed by atoms with E-state index in [2.05, 4.69) is 11.7 Å². The number of ether oxygens (including phenoxy) is 2. The molecule has 0 radical (unpaired) electrons. The first-order valence-electron chi connectivity index (χ1n) is 8.95. The van der Waals surface area contributed by atoms with Crippen molar-refractivity contribution in [2.75, 3.05) is 26.7 Å². The fourth-order valence-electron chi connectivity index (χ4n) is 3.12. The molecular formula is C19H27ClN2O5S. The molecule has 9 heteroatoms. The van der Waals surface area contributed by atoms with E-state index in [0.717, 1.165) is 0 Å². The highest BCUT2D eigenvalue weighted by molar-refractivity contribution is 7.89. The summed E-state index contributed by atoms with van der Waals surface area (Å²) in [4.78, 5) is 16.4. The van der Waals surface area contributed by atoms with Crippen LogP contribution in [0.15, 0.2) is 28.1 Å². The van der Waals surface area contributed by atoms with Gasteiger partial charge < -0.3 is 9.47 Å². The molecule has 0 aliphatic carbocycles. The van der Waals surface area contributed by atoms with Crippen molar-refractivity contribution in [1.29, 1.82) is 0 Å². The molecule has 1 aromatic carbocycles. The zero-order valence-corrected chi connectivity index (χ0v) is 18.3. The summed E-state index contributed by atoms with van der Waals surface area (Å²) in [6.07, 6.45) is 0.966. The van der Waals surface area contributed by atoms with Gasteiger partial charge in [-0.3, -0.25) is 4.99 Å². The number of carbonyl (C=O) groups excluding carboxylic acids is 1. The highest BCUT2D eigenvalue weighted by Crippen LogP contribution is 2.32. The van der Waals surface area contributed by atoms with Gasteiger partial charge in [-0.1, -0.05) is 11.6 Å². The lowest BCUT2D eigenvalue weighted by Gasteiger charge is -2.39. The van der Waals surface area contributed by atoms with Crippen molar-refractivity contribution in [1.82, 2.24) is 4.31 Å². The Kier molecular flexibility index (Phi) is 6.91. The lowest BCUT2D eigenvalue weighted by Crippen LogP contribution is -2.49. The molecule has 1 saturated heterocycles. The van der Waals surface area contributed by atoms with Crippen LogP contribution in [0.4, 0.5) is 0 Å². The molecule has 156 valence electrons. The summed E-state index contributed by atoms with van der Waals surface area (Å²) in [5, 5.41) is 0.258. The van der Waals surface area contributed by atoms with E-state index in [9.17, 15) is 13.2 Å². The standard InChI is InChI=1S/C19H27ClN2O5S/c1-18(2,3)27-17(23)15-12-14(20)6-7-16(15)28(24,25)22-10-8-19(26-5,9-11-22)13-21-4/h6-7,12H,4,8-11,13H2,1-3,5H3. The van der Waals surface area contributed by atoms with Gasteiger partial charge in [0.25, 0.3) is 0 Å². The summed E-state index contributed by atoms with van der Waals surface area (Å²) >= 11 is 6.01. The van der Waals surface area contributed by atoms with E-state index >= 15 is 0 Å². The Labute approximate surface area is 171 Å². The lowest BCUT2D eigenvalue weighted by molar-refractivity contribution is -0.0371. The summed E-state index contributed by atoms with van der Waals surface area (Å²) in [7, 11) is -2.32. The molecular weight excluding hydrogens is 404 g/mol. The predicted octanol–water partition coefficient (Wildman–Crippen LogP) is 3.17. The van der Waals surface area contributed by atoms with E-state index in [0.29, 0.717) is 19.4 Å². The number of hydrogen-bond acceptors (Lipinski definition) is 6. The largest absolute Gasteiger partial charge is 0.456 e. The van der Waals surface area contributed by atoms with E-state index in [4.69, 9.17) is 21.1 Å². The topological polar surface area (TPSA) is 85.3 Å². The van der Waals surface area contributed by atoms with E-state index in [-0.39, 0.29) is 28.6 Å². The van der Waals surface area contributed by atoms with Crippen LogP contribution in [-0.2, 0) is 19.5 Å². The van der Waals surface area contributed by atoms with Crippen LogP contribution < -0.4 is 0 Å². The number of benzene rings is 1. The van der Waals surface area contributed by atoms with E-state index in [1.807, 2.05) is 0 Å². The normalized spacial score (nSPS) is 17.9. The van der Waals surface area contributed by atoms with Crippen LogP contribution in [0.5, 0.6) is 0 Å². The minimum atomic E-state index is -3.91. The zero-order chi connectivity index (χ0) is 21.2.